The molecule has 0 saturated heterocycles. The van der Waals surface area contributed by atoms with Crippen molar-refractivity contribution in [3.8, 4) is 0 Å². The standard InChI is InChI=1S/C14H18O5/c1-10(2)9-18-7-8-19-14(17)12-6-4-3-5-11(12)13(15)16/h3-6,10H,7-9H2,1-2H3,(H,15,16). The van der Waals surface area contributed by atoms with E-state index in [2.05, 4.69) is 0 Å². The van der Waals surface area contributed by atoms with Crippen molar-refractivity contribution in [2.45, 2.75) is 13.8 Å². The third-order valence-electron chi connectivity index (χ3n) is 2.29. The summed E-state index contributed by atoms with van der Waals surface area (Å²) in [6.07, 6.45) is 0. The van der Waals surface area contributed by atoms with Crippen molar-refractivity contribution in [1.82, 2.24) is 0 Å². The highest BCUT2D eigenvalue weighted by Crippen LogP contribution is 2.10. The molecule has 5 heteroatoms. The highest BCUT2D eigenvalue weighted by Gasteiger charge is 2.16. The Bertz CT molecular complexity index is 439. The number of esters is 1. The lowest BCUT2D eigenvalue weighted by Crippen LogP contribution is -2.15. The van der Waals surface area contributed by atoms with Gasteiger partial charge in [-0.25, -0.2) is 9.59 Å². The van der Waals surface area contributed by atoms with E-state index in [0.29, 0.717) is 19.1 Å². The van der Waals surface area contributed by atoms with Crippen molar-refractivity contribution in [1.29, 1.82) is 0 Å². The lowest BCUT2D eigenvalue weighted by molar-refractivity contribution is 0.0274. The van der Waals surface area contributed by atoms with Crippen LogP contribution in [0.1, 0.15) is 34.6 Å². The van der Waals surface area contributed by atoms with Gasteiger partial charge in [-0.2, -0.15) is 0 Å². The van der Waals surface area contributed by atoms with Crippen LogP contribution >= 0.6 is 0 Å². The molecular weight excluding hydrogens is 248 g/mol. The Labute approximate surface area is 112 Å². The summed E-state index contributed by atoms with van der Waals surface area (Å²) in [6.45, 7) is 5.06. The molecule has 1 aromatic carbocycles. The molecule has 0 aliphatic carbocycles. The normalized spacial score (nSPS) is 10.5. The maximum atomic E-state index is 11.7. The van der Waals surface area contributed by atoms with E-state index in [1.165, 1.54) is 12.1 Å². The van der Waals surface area contributed by atoms with Crippen LogP contribution in [-0.4, -0.2) is 36.9 Å². The molecule has 104 valence electrons. The Morgan fingerprint density at radius 2 is 1.79 bits per heavy atom. The number of carbonyl (C=O) groups is 2. The fourth-order valence-electron chi connectivity index (χ4n) is 1.44. The van der Waals surface area contributed by atoms with Crippen molar-refractivity contribution in [2.24, 2.45) is 5.92 Å². The molecule has 1 rings (SSSR count). The molecule has 0 radical (unpaired) electrons. The Kier molecular flexibility index (Phi) is 6.02. The second kappa shape index (κ2) is 7.53. The second-order valence-corrected chi connectivity index (χ2v) is 4.46. The highest BCUT2D eigenvalue weighted by atomic mass is 16.6. The Morgan fingerprint density at radius 3 is 2.37 bits per heavy atom. The molecule has 0 amide bonds. The molecule has 1 aromatic rings. The van der Waals surface area contributed by atoms with E-state index in [0.717, 1.165) is 0 Å². The molecular formula is C14H18O5. The number of aromatic carboxylic acids is 1. The van der Waals surface area contributed by atoms with Gasteiger partial charge in [0.2, 0.25) is 0 Å². The first-order chi connectivity index (χ1) is 9.02. The summed E-state index contributed by atoms with van der Waals surface area (Å²) in [5.74, 6) is -1.38. The van der Waals surface area contributed by atoms with Crippen LogP contribution in [0.5, 0.6) is 0 Å². The average Bonchev–Trinajstić information content (AvgIpc) is 2.37. The van der Waals surface area contributed by atoms with E-state index in [4.69, 9.17) is 14.6 Å². The third kappa shape index (κ3) is 5.09. The van der Waals surface area contributed by atoms with Gasteiger partial charge in [-0.3, -0.25) is 0 Å². The Balaban J connectivity index is 2.48. The Morgan fingerprint density at radius 1 is 1.16 bits per heavy atom. The molecule has 0 fully saturated rings. The van der Waals surface area contributed by atoms with Crippen LogP contribution in [0.15, 0.2) is 24.3 Å². The van der Waals surface area contributed by atoms with Crippen LogP contribution in [0.4, 0.5) is 0 Å². The molecule has 1 N–H and O–H groups in total. The maximum absolute atomic E-state index is 11.7. The first-order valence-electron chi connectivity index (χ1n) is 6.09. The van der Waals surface area contributed by atoms with Gasteiger partial charge in [0.25, 0.3) is 0 Å². The minimum Gasteiger partial charge on any atom is -0.478 e. The first-order valence-corrected chi connectivity index (χ1v) is 6.09. The molecule has 0 unspecified atom stereocenters. The molecule has 0 aliphatic heterocycles. The summed E-state index contributed by atoms with van der Waals surface area (Å²) < 4.78 is 10.2. The quantitative estimate of drug-likeness (QED) is 0.605. The van der Waals surface area contributed by atoms with Gasteiger partial charge in [0, 0.05) is 6.61 Å². The molecule has 5 nitrogen and oxygen atoms in total. The van der Waals surface area contributed by atoms with Gasteiger partial charge in [-0.1, -0.05) is 26.0 Å². The molecule has 19 heavy (non-hydrogen) atoms. The fraction of sp³-hybridized carbons (Fsp3) is 0.429. The predicted octanol–water partition coefficient (Wildman–Crippen LogP) is 2.21. The SMILES string of the molecule is CC(C)COCCOC(=O)c1ccccc1C(=O)O. The van der Waals surface area contributed by atoms with Gasteiger partial charge in [-0.15, -0.1) is 0 Å². The number of hydrogen-bond donors (Lipinski definition) is 1. The minimum absolute atomic E-state index is 0.0545. The molecule has 0 saturated carbocycles. The number of carboxylic acid groups (broad SMARTS) is 1. The topological polar surface area (TPSA) is 72.8 Å². The van der Waals surface area contributed by atoms with Crippen LogP contribution in [0, 0.1) is 5.92 Å². The number of carboxylic acids is 1. The van der Waals surface area contributed by atoms with E-state index in [1.807, 2.05) is 13.8 Å². The monoisotopic (exact) mass is 266 g/mol. The van der Waals surface area contributed by atoms with Gasteiger partial charge in [0.15, 0.2) is 0 Å². The maximum Gasteiger partial charge on any atom is 0.339 e. The van der Waals surface area contributed by atoms with E-state index in [1.54, 1.807) is 12.1 Å². The van der Waals surface area contributed by atoms with Gasteiger partial charge in [0.1, 0.15) is 6.61 Å². The van der Waals surface area contributed by atoms with Crippen molar-refractivity contribution in [3.63, 3.8) is 0 Å². The molecule has 0 bridgehead atoms. The average molecular weight is 266 g/mol. The van der Waals surface area contributed by atoms with Crippen molar-refractivity contribution in [3.05, 3.63) is 35.4 Å². The molecule has 0 spiro atoms. The molecule has 0 aliphatic rings. The number of hydrogen-bond acceptors (Lipinski definition) is 4. The van der Waals surface area contributed by atoms with Crippen molar-refractivity contribution >= 4 is 11.9 Å². The zero-order valence-electron chi connectivity index (χ0n) is 11.1. The van der Waals surface area contributed by atoms with E-state index in [-0.39, 0.29) is 17.7 Å². The van der Waals surface area contributed by atoms with Crippen LogP contribution in [0.2, 0.25) is 0 Å². The van der Waals surface area contributed by atoms with Crippen LogP contribution in [0.3, 0.4) is 0 Å². The van der Waals surface area contributed by atoms with Crippen molar-refractivity contribution < 1.29 is 24.2 Å². The number of ether oxygens (including phenoxy) is 2. The fourth-order valence-corrected chi connectivity index (χ4v) is 1.44. The summed E-state index contributed by atoms with van der Waals surface area (Å²) in [4.78, 5) is 22.7. The third-order valence-corrected chi connectivity index (χ3v) is 2.29. The number of benzene rings is 1. The van der Waals surface area contributed by atoms with Crippen LogP contribution in [-0.2, 0) is 9.47 Å². The van der Waals surface area contributed by atoms with E-state index >= 15 is 0 Å². The van der Waals surface area contributed by atoms with Crippen LogP contribution < -0.4 is 0 Å². The number of rotatable bonds is 7. The summed E-state index contributed by atoms with van der Waals surface area (Å²) in [6, 6.07) is 5.96. The molecule has 0 atom stereocenters. The van der Waals surface area contributed by atoms with Crippen molar-refractivity contribution in [2.75, 3.05) is 19.8 Å². The van der Waals surface area contributed by atoms with Gasteiger partial charge in [0.05, 0.1) is 17.7 Å². The highest BCUT2D eigenvalue weighted by molar-refractivity contribution is 6.02. The lowest BCUT2D eigenvalue weighted by atomic mass is 10.1. The first kappa shape index (κ1) is 15.2. The Hall–Kier alpha value is -1.88. The molecule has 0 heterocycles. The summed E-state index contributed by atoms with van der Waals surface area (Å²) in [5, 5.41) is 8.95. The zero-order chi connectivity index (χ0) is 14.3. The van der Waals surface area contributed by atoms with E-state index < -0.39 is 11.9 Å². The van der Waals surface area contributed by atoms with Crippen LogP contribution in [0.25, 0.3) is 0 Å². The summed E-state index contributed by atoms with van der Waals surface area (Å²) in [5.41, 5.74) is -0.00513. The summed E-state index contributed by atoms with van der Waals surface area (Å²) >= 11 is 0. The predicted molar refractivity (Wildman–Crippen MR) is 69.3 cm³/mol. The smallest absolute Gasteiger partial charge is 0.339 e. The van der Waals surface area contributed by atoms with Gasteiger partial charge >= 0.3 is 11.9 Å². The largest absolute Gasteiger partial charge is 0.478 e. The second-order valence-electron chi connectivity index (χ2n) is 4.46. The van der Waals surface area contributed by atoms with E-state index in [9.17, 15) is 9.59 Å². The summed E-state index contributed by atoms with van der Waals surface area (Å²) in [7, 11) is 0. The van der Waals surface area contributed by atoms with Gasteiger partial charge < -0.3 is 14.6 Å². The zero-order valence-corrected chi connectivity index (χ0v) is 11.1. The minimum atomic E-state index is -1.15. The molecule has 0 aromatic heterocycles. The lowest BCUT2D eigenvalue weighted by Gasteiger charge is -2.08. The van der Waals surface area contributed by atoms with Gasteiger partial charge in [-0.05, 0) is 18.1 Å². The number of carbonyl (C=O) groups excluding carboxylic acids is 1.